The predicted octanol–water partition coefficient (Wildman–Crippen LogP) is 1.66. The molecule has 12 heteroatoms. The molecule has 220 valence electrons. The highest BCUT2D eigenvalue weighted by molar-refractivity contribution is 5.98. The summed E-state index contributed by atoms with van der Waals surface area (Å²) in [6.07, 6.45) is 1.46. The lowest BCUT2D eigenvalue weighted by Crippen LogP contribution is -2.57. The summed E-state index contributed by atoms with van der Waals surface area (Å²) in [5.41, 5.74) is 0.855. The molecule has 1 aromatic heterocycles. The number of nitrogens with one attached hydrogen (secondary N) is 4. The molecule has 0 aliphatic carbocycles. The van der Waals surface area contributed by atoms with Crippen molar-refractivity contribution in [1.82, 2.24) is 26.4 Å². The Morgan fingerprint density at radius 3 is 2.34 bits per heavy atom. The van der Waals surface area contributed by atoms with E-state index in [0.717, 1.165) is 5.56 Å². The van der Waals surface area contributed by atoms with Gasteiger partial charge in [-0.2, -0.15) is 5.26 Å². The van der Waals surface area contributed by atoms with Gasteiger partial charge in [0.2, 0.25) is 11.8 Å². The molecular formula is C29H38N6O6. The van der Waals surface area contributed by atoms with Crippen LogP contribution in [0, 0.1) is 24.2 Å². The summed E-state index contributed by atoms with van der Waals surface area (Å²) >= 11 is 0. The van der Waals surface area contributed by atoms with Crippen LogP contribution < -0.4 is 21.3 Å². The molecule has 4 amide bonds. The summed E-state index contributed by atoms with van der Waals surface area (Å²) in [7, 11) is 0. The van der Waals surface area contributed by atoms with Gasteiger partial charge in [0.25, 0.3) is 11.8 Å². The topological polar surface area (TPSA) is 186 Å². The number of nitrogens with zero attached hydrogens (tertiary/aromatic N) is 2. The van der Waals surface area contributed by atoms with Crippen molar-refractivity contribution < 1.29 is 28.8 Å². The van der Waals surface area contributed by atoms with E-state index < -0.39 is 41.8 Å². The molecule has 0 saturated carbocycles. The molecule has 0 spiro atoms. The van der Waals surface area contributed by atoms with Crippen molar-refractivity contribution in [2.45, 2.75) is 71.7 Å². The Hall–Kier alpha value is -4.50. The van der Waals surface area contributed by atoms with Crippen LogP contribution in [0.3, 0.4) is 0 Å². The smallest absolute Gasteiger partial charge is 0.274 e. The van der Waals surface area contributed by atoms with Gasteiger partial charge in [0.15, 0.2) is 5.69 Å². The molecule has 12 nitrogen and oxygen atoms in total. The maximum atomic E-state index is 13.1. The van der Waals surface area contributed by atoms with Crippen LogP contribution in [0.4, 0.5) is 0 Å². The summed E-state index contributed by atoms with van der Waals surface area (Å²) in [6, 6.07) is 10.2. The van der Waals surface area contributed by atoms with Crippen molar-refractivity contribution in [3.8, 4) is 6.07 Å². The monoisotopic (exact) mass is 566 g/mol. The zero-order chi connectivity index (χ0) is 30.4. The zero-order valence-electron chi connectivity index (χ0n) is 23.8. The molecule has 0 aliphatic rings. The van der Waals surface area contributed by atoms with Crippen molar-refractivity contribution >= 4 is 23.6 Å². The van der Waals surface area contributed by atoms with Crippen LogP contribution in [0.15, 0.2) is 52.6 Å². The van der Waals surface area contributed by atoms with Crippen molar-refractivity contribution in [2.24, 2.45) is 5.92 Å². The molecule has 1 unspecified atom stereocenters. The van der Waals surface area contributed by atoms with Gasteiger partial charge >= 0.3 is 0 Å². The second kappa shape index (κ2) is 16.6. The number of aryl methyl sites for hydroxylation is 1. The molecule has 3 atom stereocenters. The Morgan fingerprint density at radius 2 is 1.76 bits per heavy atom. The number of amides is 4. The molecule has 2 aromatic rings. The Balaban J connectivity index is 2.03. The van der Waals surface area contributed by atoms with Gasteiger partial charge in [0, 0.05) is 19.2 Å². The van der Waals surface area contributed by atoms with Crippen molar-refractivity contribution in [2.75, 3.05) is 6.54 Å². The number of nitriles is 1. The van der Waals surface area contributed by atoms with Gasteiger partial charge in [-0.3, -0.25) is 19.2 Å². The molecule has 0 radical (unpaired) electrons. The molecule has 5 N–H and O–H groups in total. The van der Waals surface area contributed by atoms with Crippen LogP contribution in [0.2, 0.25) is 0 Å². The number of rotatable bonds is 15. The number of hydrogen-bond acceptors (Lipinski definition) is 8. The highest BCUT2D eigenvalue weighted by Gasteiger charge is 2.30. The molecule has 2 rings (SSSR count). The second-order valence-electron chi connectivity index (χ2n) is 9.97. The Kier molecular flexibility index (Phi) is 13.2. The highest BCUT2D eigenvalue weighted by atomic mass is 16.5. The first-order valence-corrected chi connectivity index (χ1v) is 13.5. The summed E-state index contributed by atoms with van der Waals surface area (Å²) in [4.78, 5) is 50.9. The van der Waals surface area contributed by atoms with Gasteiger partial charge in [-0.25, -0.2) is 0 Å². The second-order valence-corrected chi connectivity index (χ2v) is 9.97. The number of aliphatic hydroxyl groups excluding tert-OH is 1. The van der Waals surface area contributed by atoms with Crippen molar-refractivity contribution in [3.63, 3.8) is 0 Å². The van der Waals surface area contributed by atoms with Gasteiger partial charge < -0.3 is 30.9 Å². The molecule has 0 fully saturated rings. The summed E-state index contributed by atoms with van der Waals surface area (Å²) in [5.74, 6) is -1.93. The van der Waals surface area contributed by atoms with Crippen LogP contribution in [0.25, 0.3) is 0 Å². The third-order valence-corrected chi connectivity index (χ3v) is 5.92. The van der Waals surface area contributed by atoms with Gasteiger partial charge in [0.05, 0.1) is 6.10 Å². The Morgan fingerprint density at radius 1 is 1.05 bits per heavy atom. The van der Waals surface area contributed by atoms with E-state index in [0.29, 0.717) is 18.6 Å². The fourth-order valence-electron chi connectivity index (χ4n) is 3.80. The van der Waals surface area contributed by atoms with E-state index >= 15 is 0 Å². The van der Waals surface area contributed by atoms with Crippen LogP contribution in [0.1, 0.15) is 61.8 Å². The Labute approximate surface area is 239 Å². The quantitative estimate of drug-likeness (QED) is 0.122. The van der Waals surface area contributed by atoms with E-state index in [1.165, 1.54) is 13.0 Å². The van der Waals surface area contributed by atoms with E-state index in [1.807, 2.05) is 50.2 Å². The molecule has 41 heavy (non-hydrogen) atoms. The highest BCUT2D eigenvalue weighted by Crippen LogP contribution is 2.07. The third kappa shape index (κ3) is 11.3. The number of aliphatic hydroxyl groups is 1. The molecule has 0 aliphatic heterocycles. The van der Waals surface area contributed by atoms with Gasteiger partial charge in [-0.1, -0.05) is 55.4 Å². The van der Waals surface area contributed by atoms with Crippen LogP contribution >= 0.6 is 0 Å². The lowest BCUT2D eigenvalue weighted by Gasteiger charge is -2.24. The summed E-state index contributed by atoms with van der Waals surface area (Å²) in [5, 5.41) is 33.6. The Bertz CT molecular complexity index is 1250. The first-order valence-electron chi connectivity index (χ1n) is 13.5. The number of unbranched alkanes of at least 4 members (excludes halogenated alkanes) is 1. The van der Waals surface area contributed by atoms with Gasteiger partial charge in [-0.15, -0.1) is 0 Å². The van der Waals surface area contributed by atoms with E-state index in [9.17, 15) is 29.5 Å². The normalized spacial score (nSPS) is 13.4. The minimum Gasteiger partial charge on any atom is -0.391 e. The maximum absolute atomic E-state index is 13.1. The molecule has 0 saturated heterocycles. The average molecular weight is 567 g/mol. The van der Waals surface area contributed by atoms with Crippen LogP contribution in [0.5, 0.6) is 0 Å². The summed E-state index contributed by atoms with van der Waals surface area (Å²) < 4.78 is 4.89. The fourth-order valence-corrected chi connectivity index (χ4v) is 3.80. The lowest BCUT2D eigenvalue weighted by molar-refractivity contribution is -0.131. The number of benzene rings is 1. The molecule has 1 heterocycles. The minimum atomic E-state index is -1.36. The van der Waals surface area contributed by atoms with Crippen LogP contribution in [-0.4, -0.2) is 58.6 Å². The maximum Gasteiger partial charge on any atom is 0.274 e. The molecular weight excluding hydrogens is 528 g/mol. The van der Waals surface area contributed by atoms with Gasteiger partial charge in [0.1, 0.15) is 29.5 Å². The number of allylic oxidation sites excluding steroid dienone is 1. The molecule has 1 aromatic carbocycles. The van der Waals surface area contributed by atoms with Crippen molar-refractivity contribution in [1.29, 1.82) is 5.26 Å². The molecule has 0 bridgehead atoms. The SMILES string of the molecule is Cc1cc(C(=O)N[C@H](C(=O)NC(CCCCNC(=O)C(C#N)=CC(C)C)C(=O)NCc2ccccc2)[C@@H](C)O)no1. The van der Waals surface area contributed by atoms with Gasteiger partial charge in [-0.05, 0) is 44.6 Å². The van der Waals surface area contributed by atoms with E-state index in [4.69, 9.17) is 4.52 Å². The minimum absolute atomic E-state index is 0.0393. The van der Waals surface area contributed by atoms with E-state index in [2.05, 4.69) is 26.4 Å². The fraction of sp³-hybridized carbons (Fsp3) is 0.448. The number of carbonyl (C=O) groups excluding carboxylic acids is 4. The predicted molar refractivity (Wildman–Crippen MR) is 150 cm³/mol. The standard InChI is InChI=1S/C29H38N6O6/c1-18(2)14-22(16-30)26(37)31-13-9-8-12-23(27(38)32-17-21-10-6-5-7-11-21)33-29(40)25(20(4)36)34-28(39)24-15-19(3)41-35-24/h5-7,10-11,14-15,18,20,23,25,36H,8-9,12-13,17H2,1-4H3,(H,31,37)(H,32,38)(H,33,40)(H,34,39)/t20-,23?,25+/m1/s1. The van der Waals surface area contributed by atoms with Crippen molar-refractivity contribution in [3.05, 3.63) is 65.1 Å². The number of carbonyl (C=O) groups is 4. The largest absolute Gasteiger partial charge is 0.391 e. The summed E-state index contributed by atoms with van der Waals surface area (Å²) in [6.45, 7) is 7.19. The van der Waals surface area contributed by atoms with E-state index in [-0.39, 0.29) is 36.7 Å². The van der Waals surface area contributed by atoms with Crippen LogP contribution in [-0.2, 0) is 20.9 Å². The first kappa shape index (κ1) is 32.7. The number of hydrogen-bond donors (Lipinski definition) is 5. The lowest BCUT2D eigenvalue weighted by atomic mass is 10.1. The number of aromatic nitrogens is 1. The van der Waals surface area contributed by atoms with E-state index in [1.54, 1.807) is 13.0 Å². The zero-order valence-corrected chi connectivity index (χ0v) is 23.8. The third-order valence-electron chi connectivity index (χ3n) is 5.92. The first-order chi connectivity index (χ1) is 19.5. The average Bonchev–Trinajstić information content (AvgIpc) is 3.38.